The van der Waals surface area contributed by atoms with Crippen LogP contribution in [-0.4, -0.2) is 29.6 Å². The molecule has 19 heavy (non-hydrogen) atoms. The predicted molar refractivity (Wildman–Crippen MR) is 73.7 cm³/mol. The van der Waals surface area contributed by atoms with E-state index in [1.165, 1.54) is 6.42 Å². The summed E-state index contributed by atoms with van der Waals surface area (Å²) in [5.74, 6) is 0.466. The van der Waals surface area contributed by atoms with Crippen LogP contribution in [0.4, 0.5) is 4.79 Å². The van der Waals surface area contributed by atoms with E-state index in [2.05, 4.69) is 20.6 Å². The van der Waals surface area contributed by atoms with Gasteiger partial charge >= 0.3 is 6.03 Å². The number of aromatic nitrogens is 1. The number of nitrogens with one attached hydrogen (secondary N) is 2. The number of rotatable bonds is 4. The number of urea groups is 1. The second-order valence-electron chi connectivity index (χ2n) is 4.56. The summed E-state index contributed by atoms with van der Waals surface area (Å²) in [6.45, 7) is 0.562. The average Bonchev–Trinajstić information content (AvgIpc) is 2.34. The van der Waals surface area contributed by atoms with Crippen LogP contribution in [-0.2, 0) is 6.42 Å². The Bertz CT molecular complexity index is 442. The molecular weight excluding hydrogens is 242 g/mol. The van der Waals surface area contributed by atoms with Gasteiger partial charge < -0.3 is 11.1 Å². The van der Waals surface area contributed by atoms with Crippen molar-refractivity contribution in [3.05, 3.63) is 30.1 Å². The third kappa shape index (κ3) is 4.57. The number of hydrogen-bond acceptors (Lipinski definition) is 3. The minimum atomic E-state index is -0.594. The minimum Gasteiger partial charge on any atom is -0.353 e. The molecule has 0 radical (unpaired) electrons. The Morgan fingerprint density at radius 3 is 2.89 bits per heavy atom. The van der Waals surface area contributed by atoms with E-state index in [-0.39, 0.29) is 0 Å². The maximum atomic E-state index is 10.9. The fourth-order valence-electron chi connectivity index (χ4n) is 1.81. The molecule has 0 aliphatic heterocycles. The zero-order valence-corrected chi connectivity index (χ0v) is 10.8. The summed E-state index contributed by atoms with van der Waals surface area (Å²) in [6.07, 6.45) is 5.93. The second kappa shape index (κ2) is 6.72. The van der Waals surface area contributed by atoms with Gasteiger partial charge in [-0.1, -0.05) is 6.07 Å². The largest absolute Gasteiger partial charge is 0.353 e. The van der Waals surface area contributed by atoms with Crippen LogP contribution in [0, 0.1) is 0 Å². The number of pyridine rings is 1. The molecule has 0 spiro atoms. The molecule has 1 saturated carbocycles. The number of nitrogens with zero attached hydrogens (tertiary/aromatic N) is 2. The molecule has 2 rings (SSSR count). The zero-order chi connectivity index (χ0) is 13.5. The summed E-state index contributed by atoms with van der Waals surface area (Å²) in [4.78, 5) is 19.5. The molecule has 1 aliphatic rings. The molecule has 6 nitrogen and oxygen atoms in total. The van der Waals surface area contributed by atoms with Crippen molar-refractivity contribution in [3.8, 4) is 0 Å². The molecule has 6 heteroatoms. The minimum absolute atomic E-state index is 0.403. The van der Waals surface area contributed by atoms with Gasteiger partial charge in [-0.3, -0.25) is 15.3 Å². The van der Waals surface area contributed by atoms with E-state index in [0.717, 1.165) is 25.0 Å². The fourth-order valence-corrected chi connectivity index (χ4v) is 1.81. The first-order valence-corrected chi connectivity index (χ1v) is 6.51. The zero-order valence-electron chi connectivity index (χ0n) is 10.8. The molecule has 102 valence electrons. The van der Waals surface area contributed by atoms with Crippen molar-refractivity contribution in [3.63, 3.8) is 0 Å². The highest BCUT2D eigenvalue weighted by Crippen LogP contribution is 2.17. The highest BCUT2D eigenvalue weighted by atomic mass is 16.2. The summed E-state index contributed by atoms with van der Waals surface area (Å²) in [7, 11) is 0. The Hall–Kier alpha value is -2.11. The smallest absolute Gasteiger partial charge is 0.318 e. The number of carbonyl (C=O) groups is 1. The van der Waals surface area contributed by atoms with Crippen molar-refractivity contribution < 1.29 is 4.79 Å². The lowest BCUT2D eigenvalue weighted by Gasteiger charge is -2.27. The Labute approximate surface area is 112 Å². The van der Waals surface area contributed by atoms with Crippen molar-refractivity contribution in [2.24, 2.45) is 10.7 Å². The molecule has 0 saturated heterocycles. The van der Waals surface area contributed by atoms with Gasteiger partial charge in [0.15, 0.2) is 5.96 Å². The van der Waals surface area contributed by atoms with E-state index < -0.39 is 6.03 Å². The lowest BCUT2D eigenvalue weighted by Crippen LogP contribution is -2.49. The van der Waals surface area contributed by atoms with Crippen LogP contribution in [0.1, 0.15) is 25.0 Å². The van der Waals surface area contributed by atoms with E-state index in [4.69, 9.17) is 5.73 Å². The third-order valence-electron chi connectivity index (χ3n) is 3.05. The first-order chi connectivity index (χ1) is 9.24. The molecule has 1 heterocycles. The molecule has 0 atom stereocenters. The molecule has 0 bridgehead atoms. The number of amides is 2. The summed E-state index contributed by atoms with van der Waals surface area (Å²) < 4.78 is 0. The van der Waals surface area contributed by atoms with E-state index in [1.807, 2.05) is 18.2 Å². The summed E-state index contributed by atoms with van der Waals surface area (Å²) >= 11 is 0. The topological polar surface area (TPSA) is 92.4 Å². The van der Waals surface area contributed by atoms with Crippen LogP contribution in [0.15, 0.2) is 29.4 Å². The van der Waals surface area contributed by atoms with Gasteiger partial charge in [0.25, 0.3) is 0 Å². The molecule has 1 aromatic heterocycles. The van der Waals surface area contributed by atoms with Crippen molar-refractivity contribution in [1.82, 2.24) is 15.6 Å². The van der Waals surface area contributed by atoms with Gasteiger partial charge in [-0.05, 0) is 31.4 Å². The first-order valence-electron chi connectivity index (χ1n) is 6.51. The molecule has 1 aromatic rings. The van der Waals surface area contributed by atoms with Crippen LogP contribution in [0.25, 0.3) is 0 Å². The van der Waals surface area contributed by atoms with Crippen LogP contribution < -0.4 is 16.4 Å². The first kappa shape index (κ1) is 13.3. The highest BCUT2D eigenvalue weighted by Gasteiger charge is 2.18. The van der Waals surface area contributed by atoms with Gasteiger partial charge in [-0.15, -0.1) is 0 Å². The van der Waals surface area contributed by atoms with Gasteiger partial charge in [0.05, 0.1) is 0 Å². The Balaban J connectivity index is 1.85. The van der Waals surface area contributed by atoms with E-state index in [0.29, 0.717) is 18.5 Å². The molecule has 0 unspecified atom stereocenters. The highest BCUT2D eigenvalue weighted by molar-refractivity contribution is 5.95. The second-order valence-corrected chi connectivity index (χ2v) is 4.56. The van der Waals surface area contributed by atoms with Crippen molar-refractivity contribution in [2.45, 2.75) is 31.7 Å². The SMILES string of the molecule is NC(=O)NC(=NCCc1ccccn1)NC1CCC1. The number of nitrogens with two attached hydrogens (primary N) is 1. The fraction of sp³-hybridized carbons (Fsp3) is 0.462. The van der Waals surface area contributed by atoms with Crippen molar-refractivity contribution in [1.29, 1.82) is 0 Å². The van der Waals surface area contributed by atoms with Crippen molar-refractivity contribution >= 4 is 12.0 Å². The maximum absolute atomic E-state index is 10.9. The van der Waals surface area contributed by atoms with Gasteiger partial charge in [0.2, 0.25) is 0 Å². The molecule has 1 fully saturated rings. The molecule has 1 aliphatic carbocycles. The molecular formula is C13H19N5O. The maximum Gasteiger partial charge on any atom is 0.318 e. The van der Waals surface area contributed by atoms with Crippen LogP contribution in [0.5, 0.6) is 0 Å². The number of guanidine groups is 1. The Morgan fingerprint density at radius 1 is 1.47 bits per heavy atom. The quantitative estimate of drug-likeness (QED) is 0.552. The predicted octanol–water partition coefficient (Wildman–Crippen LogP) is 0.790. The molecule has 4 N–H and O–H groups in total. The van der Waals surface area contributed by atoms with Gasteiger partial charge in [0.1, 0.15) is 0 Å². The normalized spacial score (nSPS) is 15.7. The third-order valence-corrected chi connectivity index (χ3v) is 3.05. The van der Waals surface area contributed by atoms with Gasteiger partial charge in [-0.25, -0.2) is 4.79 Å². The number of primary amides is 1. The summed E-state index contributed by atoms with van der Waals surface area (Å²) in [6, 6.07) is 5.59. The van der Waals surface area contributed by atoms with Gasteiger partial charge in [0, 0.05) is 30.9 Å². The van der Waals surface area contributed by atoms with E-state index in [9.17, 15) is 4.79 Å². The van der Waals surface area contributed by atoms with E-state index in [1.54, 1.807) is 6.20 Å². The number of hydrogen-bond donors (Lipinski definition) is 3. The lowest BCUT2D eigenvalue weighted by molar-refractivity contribution is 0.252. The lowest BCUT2D eigenvalue weighted by atomic mass is 9.93. The Morgan fingerprint density at radius 2 is 2.32 bits per heavy atom. The summed E-state index contributed by atoms with van der Waals surface area (Å²) in [5.41, 5.74) is 6.11. The number of aliphatic imine (C=N–C) groups is 1. The standard InChI is InChI=1S/C13H19N5O/c14-12(19)18-13(17-11-5-3-6-11)16-9-7-10-4-1-2-8-15-10/h1-2,4,8,11H,3,5-7,9H2,(H4,14,16,17,18,19). The van der Waals surface area contributed by atoms with Crippen LogP contribution in [0.2, 0.25) is 0 Å². The monoisotopic (exact) mass is 261 g/mol. The van der Waals surface area contributed by atoms with Gasteiger partial charge in [-0.2, -0.15) is 0 Å². The average molecular weight is 261 g/mol. The van der Waals surface area contributed by atoms with Crippen LogP contribution >= 0.6 is 0 Å². The number of carbonyl (C=O) groups excluding carboxylic acids is 1. The summed E-state index contributed by atoms with van der Waals surface area (Å²) in [5, 5.41) is 5.71. The van der Waals surface area contributed by atoms with E-state index >= 15 is 0 Å². The van der Waals surface area contributed by atoms with Crippen molar-refractivity contribution in [2.75, 3.05) is 6.54 Å². The molecule has 2 amide bonds. The van der Waals surface area contributed by atoms with Crippen LogP contribution in [0.3, 0.4) is 0 Å². The Kier molecular flexibility index (Phi) is 4.72. The molecule has 0 aromatic carbocycles.